The van der Waals surface area contributed by atoms with E-state index >= 15 is 0 Å². The monoisotopic (exact) mass is 284 g/mol. The minimum Gasteiger partial charge on any atom is -0.454 e. The first kappa shape index (κ1) is 13.4. The summed E-state index contributed by atoms with van der Waals surface area (Å²) in [6.07, 6.45) is 0.445. The summed E-state index contributed by atoms with van der Waals surface area (Å²) < 4.78 is 5.44. The van der Waals surface area contributed by atoms with Crippen molar-refractivity contribution in [1.82, 2.24) is 0 Å². The van der Waals surface area contributed by atoms with Gasteiger partial charge in [-0.05, 0) is 18.9 Å². The minimum absolute atomic E-state index is 0.0457. The fourth-order valence-electron chi connectivity index (χ4n) is 2.22. The molecule has 1 fully saturated rings. The number of hydrogen-bond acceptors (Lipinski definition) is 2. The van der Waals surface area contributed by atoms with E-state index in [1.54, 1.807) is 6.92 Å². The molecule has 0 aromatic heterocycles. The third-order valence-electron chi connectivity index (χ3n) is 3.10. The van der Waals surface area contributed by atoms with Gasteiger partial charge in [0.15, 0.2) is 0 Å². The summed E-state index contributed by atoms with van der Waals surface area (Å²) in [6, 6.07) is 9.69. The Hall–Kier alpha value is -0.990. The van der Waals surface area contributed by atoms with Gasteiger partial charge < -0.3 is 4.74 Å². The lowest BCUT2D eigenvalue weighted by atomic mass is 9.89. The summed E-state index contributed by atoms with van der Waals surface area (Å²) in [7, 11) is 0. The van der Waals surface area contributed by atoms with Crippen LogP contribution in [-0.4, -0.2) is 11.8 Å². The Labute approximate surface area is 117 Å². The Morgan fingerprint density at radius 1 is 1.39 bits per heavy atom. The molecule has 0 amide bonds. The summed E-state index contributed by atoms with van der Waals surface area (Å²) in [6.45, 7) is 1.69. The normalized spacial score (nSPS) is 26.7. The number of hydrogen-bond donors (Lipinski definition) is 0. The van der Waals surface area contributed by atoms with Gasteiger partial charge in [-0.1, -0.05) is 41.9 Å². The Morgan fingerprint density at radius 2 is 2.06 bits per heavy atom. The predicted octanol–water partition coefficient (Wildman–Crippen LogP) is 4.04. The SMILES string of the molecule is C/C(Cl)=C1/C(=O)O[C@@H](c2ccccc2)C[C@@H]1CCl. The van der Waals surface area contributed by atoms with Gasteiger partial charge >= 0.3 is 5.97 Å². The maximum absolute atomic E-state index is 12.0. The number of allylic oxidation sites excluding steroid dienone is 1. The second-order valence-electron chi connectivity index (χ2n) is 4.34. The fourth-order valence-corrected chi connectivity index (χ4v) is 2.73. The van der Waals surface area contributed by atoms with Crippen molar-refractivity contribution in [1.29, 1.82) is 0 Å². The van der Waals surface area contributed by atoms with Crippen LogP contribution in [0.15, 0.2) is 40.9 Å². The highest BCUT2D eigenvalue weighted by Crippen LogP contribution is 2.37. The third kappa shape index (κ3) is 2.70. The van der Waals surface area contributed by atoms with Crippen molar-refractivity contribution < 1.29 is 9.53 Å². The van der Waals surface area contributed by atoms with E-state index < -0.39 is 0 Å². The van der Waals surface area contributed by atoms with Gasteiger partial charge in [0.2, 0.25) is 0 Å². The first-order valence-corrected chi connectivity index (χ1v) is 6.73. The molecule has 0 aliphatic carbocycles. The van der Waals surface area contributed by atoms with E-state index in [2.05, 4.69) is 0 Å². The lowest BCUT2D eigenvalue weighted by Gasteiger charge is -2.30. The zero-order valence-corrected chi connectivity index (χ0v) is 11.5. The van der Waals surface area contributed by atoms with E-state index in [1.165, 1.54) is 0 Å². The molecule has 0 N–H and O–H groups in total. The van der Waals surface area contributed by atoms with E-state index in [1.807, 2.05) is 30.3 Å². The Balaban J connectivity index is 2.26. The number of alkyl halides is 1. The molecular weight excluding hydrogens is 271 g/mol. The largest absolute Gasteiger partial charge is 0.454 e. The van der Waals surface area contributed by atoms with E-state index in [9.17, 15) is 4.79 Å². The molecule has 2 rings (SSSR count). The molecule has 0 radical (unpaired) electrons. The van der Waals surface area contributed by atoms with Crippen molar-refractivity contribution in [3.63, 3.8) is 0 Å². The van der Waals surface area contributed by atoms with Gasteiger partial charge in [0.05, 0.1) is 5.57 Å². The molecule has 0 bridgehead atoms. The van der Waals surface area contributed by atoms with E-state index in [-0.39, 0.29) is 18.0 Å². The molecule has 0 unspecified atom stereocenters. The molecule has 18 heavy (non-hydrogen) atoms. The van der Waals surface area contributed by atoms with Crippen molar-refractivity contribution in [2.24, 2.45) is 5.92 Å². The highest BCUT2D eigenvalue weighted by Gasteiger charge is 2.34. The van der Waals surface area contributed by atoms with Crippen molar-refractivity contribution >= 4 is 29.2 Å². The molecular formula is C14H14Cl2O2. The molecule has 0 saturated carbocycles. The number of ether oxygens (including phenoxy) is 1. The molecule has 1 aliphatic rings. The lowest BCUT2D eigenvalue weighted by Crippen LogP contribution is -2.28. The summed E-state index contributed by atoms with van der Waals surface area (Å²) in [5.74, 6) is -0.0263. The van der Waals surface area contributed by atoms with Crippen LogP contribution < -0.4 is 0 Å². The van der Waals surface area contributed by atoms with Gasteiger partial charge in [-0.15, -0.1) is 11.6 Å². The second kappa shape index (κ2) is 5.77. The van der Waals surface area contributed by atoms with Crippen molar-refractivity contribution in [3.8, 4) is 0 Å². The number of carbonyl (C=O) groups is 1. The summed E-state index contributed by atoms with van der Waals surface area (Å²) >= 11 is 11.9. The molecule has 1 saturated heterocycles. The molecule has 2 nitrogen and oxygen atoms in total. The van der Waals surface area contributed by atoms with Crippen molar-refractivity contribution in [2.45, 2.75) is 19.4 Å². The number of rotatable bonds is 2. The van der Waals surface area contributed by atoms with Gasteiger partial charge in [-0.25, -0.2) is 4.79 Å². The predicted molar refractivity (Wildman–Crippen MR) is 72.7 cm³/mol. The van der Waals surface area contributed by atoms with Crippen LogP contribution in [0.3, 0.4) is 0 Å². The van der Waals surface area contributed by atoms with Crippen LogP contribution >= 0.6 is 23.2 Å². The van der Waals surface area contributed by atoms with Crippen LogP contribution in [0.2, 0.25) is 0 Å². The quantitative estimate of drug-likeness (QED) is 0.465. The van der Waals surface area contributed by atoms with Crippen molar-refractivity contribution in [2.75, 3.05) is 5.88 Å². The smallest absolute Gasteiger partial charge is 0.336 e. The number of benzene rings is 1. The molecule has 2 atom stereocenters. The maximum atomic E-state index is 12.0. The molecule has 4 heteroatoms. The van der Waals surface area contributed by atoms with Crippen LogP contribution in [-0.2, 0) is 9.53 Å². The average Bonchev–Trinajstić information content (AvgIpc) is 2.38. The lowest BCUT2D eigenvalue weighted by molar-refractivity contribution is -0.149. The Bertz CT molecular complexity index is 464. The molecule has 96 valence electrons. The number of carbonyl (C=O) groups excluding carboxylic acids is 1. The summed E-state index contributed by atoms with van der Waals surface area (Å²) in [5.41, 5.74) is 1.51. The van der Waals surface area contributed by atoms with E-state index in [0.29, 0.717) is 22.9 Å². The maximum Gasteiger partial charge on any atom is 0.336 e. The average molecular weight is 285 g/mol. The standard InChI is InChI=1S/C14H14Cl2O2/c1-9(16)13-11(8-15)7-12(18-14(13)17)10-5-3-2-4-6-10/h2-6,11-12H,7-8H2,1H3/b13-9-/t11-,12-/m1/s1. The summed E-state index contributed by atoms with van der Waals surface area (Å²) in [4.78, 5) is 12.0. The second-order valence-corrected chi connectivity index (χ2v) is 5.21. The van der Waals surface area contributed by atoms with Gasteiger partial charge in [0, 0.05) is 16.8 Å². The molecule has 1 aliphatic heterocycles. The van der Waals surface area contributed by atoms with Crippen molar-refractivity contribution in [3.05, 3.63) is 46.5 Å². The first-order valence-electron chi connectivity index (χ1n) is 5.81. The zero-order valence-electron chi connectivity index (χ0n) is 10.0. The van der Waals surface area contributed by atoms with Gasteiger partial charge in [-0.3, -0.25) is 0 Å². The van der Waals surface area contributed by atoms with Crippen LogP contribution in [0.5, 0.6) is 0 Å². The molecule has 1 aromatic carbocycles. The fraction of sp³-hybridized carbons (Fsp3) is 0.357. The van der Waals surface area contributed by atoms with Crippen LogP contribution in [0, 0.1) is 5.92 Å². The Kier molecular flexibility index (Phi) is 4.31. The highest BCUT2D eigenvalue weighted by atomic mass is 35.5. The van der Waals surface area contributed by atoms with Gasteiger partial charge in [0.25, 0.3) is 0 Å². The zero-order chi connectivity index (χ0) is 13.1. The molecule has 0 spiro atoms. The number of esters is 1. The van der Waals surface area contributed by atoms with Gasteiger partial charge in [0.1, 0.15) is 6.10 Å². The first-order chi connectivity index (χ1) is 8.63. The Morgan fingerprint density at radius 3 is 2.61 bits per heavy atom. The molecule has 1 aromatic rings. The van der Waals surface area contributed by atoms with Gasteiger partial charge in [-0.2, -0.15) is 0 Å². The number of halogens is 2. The van der Waals surface area contributed by atoms with Crippen LogP contribution in [0.4, 0.5) is 0 Å². The van der Waals surface area contributed by atoms with E-state index in [0.717, 1.165) is 5.56 Å². The third-order valence-corrected chi connectivity index (χ3v) is 3.68. The van der Waals surface area contributed by atoms with Crippen LogP contribution in [0.25, 0.3) is 0 Å². The topological polar surface area (TPSA) is 26.3 Å². The van der Waals surface area contributed by atoms with Crippen LogP contribution in [0.1, 0.15) is 25.0 Å². The molecule has 1 heterocycles. The summed E-state index contributed by atoms with van der Waals surface area (Å²) in [5, 5.41) is 0.470. The highest BCUT2D eigenvalue weighted by molar-refractivity contribution is 6.31. The number of cyclic esters (lactones) is 1. The minimum atomic E-state index is -0.353. The van der Waals surface area contributed by atoms with E-state index in [4.69, 9.17) is 27.9 Å².